The van der Waals surface area contributed by atoms with Gasteiger partial charge in [0.05, 0.1) is 0 Å². The number of nitrogens with zero attached hydrogens (tertiary/aromatic N) is 3. The van der Waals surface area contributed by atoms with Crippen molar-refractivity contribution in [1.29, 1.82) is 0 Å². The molecule has 8 aromatic carbocycles. The minimum Gasteiger partial charge on any atom is -0.455 e. The van der Waals surface area contributed by atoms with Crippen molar-refractivity contribution >= 4 is 53.4 Å². The molecule has 0 amide bonds. The van der Waals surface area contributed by atoms with Gasteiger partial charge in [-0.25, -0.2) is 15.0 Å². The van der Waals surface area contributed by atoms with Crippen LogP contribution in [0, 0.1) is 0 Å². The van der Waals surface area contributed by atoms with E-state index in [0.29, 0.717) is 17.5 Å². The molecule has 0 atom stereocenters. The van der Waals surface area contributed by atoms with E-state index in [0.717, 1.165) is 72.0 Å². The highest BCUT2D eigenvalue weighted by Gasteiger charge is 2.23. The number of fused-ring (bicyclic) bond motifs is 6. The van der Waals surface area contributed by atoms with Crippen molar-refractivity contribution in [2.75, 3.05) is 0 Å². The van der Waals surface area contributed by atoms with Crippen LogP contribution in [0.4, 0.5) is 0 Å². The van der Waals surface area contributed by atoms with Gasteiger partial charge in [0.1, 0.15) is 11.2 Å². The molecule has 0 spiro atoms. The lowest BCUT2D eigenvalue weighted by molar-refractivity contribution is 0.671. The predicted octanol–water partition coefficient (Wildman–Crippen LogP) is 14.1. The molecule has 3 heterocycles. The van der Waals surface area contributed by atoms with E-state index in [-0.39, 0.29) is 0 Å². The lowest BCUT2D eigenvalue weighted by Crippen LogP contribution is -2.00. The molecular weight excluding hydrogens is 703 g/mol. The molecule has 0 saturated heterocycles. The summed E-state index contributed by atoms with van der Waals surface area (Å²) >= 11 is 1.79. The molecule has 262 valence electrons. The molecule has 4 nitrogen and oxygen atoms in total. The molecule has 0 aliphatic heterocycles. The molecule has 0 radical (unpaired) electrons. The van der Waals surface area contributed by atoms with Crippen LogP contribution in [0.5, 0.6) is 0 Å². The van der Waals surface area contributed by atoms with Gasteiger partial charge in [-0.05, 0) is 58.7 Å². The minimum absolute atomic E-state index is 0.587. The summed E-state index contributed by atoms with van der Waals surface area (Å²) in [6.45, 7) is 0. The summed E-state index contributed by atoms with van der Waals surface area (Å²) in [7, 11) is 0. The molecule has 0 bridgehead atoms. The van der Waals surface area contributed by atoms with Gasteiger partial charge in [-0.1, -0.05) is 152 Å². The van der Waals surface area contributed by atoms with Crippen LogP contribution in [-0.4, -0.2) is 15.0 Å². The Morgan fingerprint density at radius 2 is 0.875 bits per heavy atom. The van der Waals surface area contributed by atoms with Crippen LogP contribution in [0.1, 0.15) is 0 Å². The quantitative estimate of drug-likeness (QED) is 0.171. The summed E-state index contributed by atoms with van der Waals surface area (Å²) in [5.41, 5.74) is 10.8. The van der Waals surface area contributed by atoms with Crippen LogP contribution in [0.3, 0.4) is 0 Å². The number of aromatic nitrogens is 3. The van der Waals surface area contributed by atoms with E-state index in [1.54, 1.807) is 11.3 Å². The Hall–Kier alpha value is -7.21. The highest BCUT2D eigenvalue weighted by Crippen LogP contribution is 2.46. The summed E-state index contributed by atoms with van der Waals surface area (Å²) in [6.07, 6.45) is 0. The van der Waals surface area contributed by atoms with Gasteiger partial charge in [0.25, 0.3) is 0 Å². The van der Waals surface area contributed by atoms with E-state index >= 15 is 0 Å². The van der Waals surface area contributed by atoms with Crippen molar-refractivity contribution in [3.05, 3.63) is 188 Å². The van der Waals surface area contributed by atoms with Gasteiger partial charge < -0.3 is 4.42 Å². The Balaban J connectivity index is 1.22. The lowest BCUT2D eigenvalue weighted by Gasteiger charge is -2.11. The Morgan fingerprint density at radius 1 is 0.321 bits per heavy atom. The molecule has 0 aliphatic rings. The highest BCUT2D eigenvalue weighted by atomic mass is 32.1. The minimum atomic E-state index is 0.587. The first-order valence-electron chi connectivity index (χ1n) is 18.7. The summed E-state index contributed by atoms with van der Waals surface area (Å²) < 4.78 is 9.57. The summed E-state index contributed by atoms with van der Waals surface area (Å²) in [6, 6.07) is 65.6. The molecule has 0 unspecified atom stereocenters. The van der Waals surface area contributed by atoms with Crippen LogP contribution in [0.2, 0.25) is 0 Å². The zero-order valence-corrected chi connectivity index (χ0v) is 30.9. The maximum absolute atomic E-state index is 7.11. The van der Waals surface area contributed by atoms with Crippen LogP contribution >= 0.6 is 11.3 Å². The third-order valence-electron chi connectivity index (χ3n) is 10.5. The number of thiophene rings is 1. The Kier molecular flexibility index (Phi) is 7.64. The van der Waals surface area contributed by atoms with Crippen LogP contribution < -0.4 is 0 Å². The Labute approximate surface area is 327 Å². The number of furan rings is 1. The number of hydrogen-bond donors (Lipinski definition) is 0. The smallest absolute Gasteiger partial charge is 0.164 e. The molecule has 0 saturated carbocycles. The van der Waals surface area contributed by atoms with Gasteiger partial charge >= 0.3 is 0 Å². The third kappa shape index (κ3) is 5.48. The van der Waals surface area contributed by atoms with Crippen LogP contribution in [-0.2, 0) is 0 Å². The molecule has 56 heavy (non-hydrogen) atoms. The number of rotatable bonds is 6. The van der Waals surface area contributed by atoms with Crippen molar-refractivity contribution in [1.82, 2.24) is 15.0 Å². The van der Waals surface area contributed by atoms with Gasteiger partial charge in [-0.3, -0.25) is 0 Å². The number of benzene rings is 8. The van der Waals surface area contributed by atoms with E-state index in [4.69, 9.17) is 19.4 Å². The summed E-state index contributed by atoms with van der Waals surface area (Å²) in [5.74, 6) is 1.82. The van der Waals surface area contributed by atoms with Gasteiger partial charge in [0, 0.05) is 58.8 Å². The average molecular weight is 734 g/mol. The van der Waals surface area contributed by atoms with Crippen LogP contribution in [0.25, 0.3) is 110 Å². The van der Waals surface area contributed by atoms with Crippen molar-refractivity contribution < 1.29 is 4.42 Å². The molecular formula is C51H31N3OS. The first-order valence-corrected chi connectivity index (χ1v) is 19.5. The van der Waals surface area contributed by atoms with Gasteiger partial charge in [-0.15, -0.1) is 11.3 Å². The first kappa shape index (κ1) is 32.2. The highest BCUT2D eigenvalue weighted by molar-refractivity contribution is 7.25. The fourth-order valence-electron chi connectivity index (χ4n) is 7.85. The molecule has 3 aromatic heterocycles. The normalized spacial score (nSPS) is 11.6. The third-order valence-corrected chi connectivity index (χ3v) is 11.7. The average Bonchev–Trinajstić information content (AvgIpc) is 3.85. The molecule has 5 heteroatoms. The molecule has 0 N–H and O–H groups in total. The topological polar surface area (TPSA) is 51.8 Å². The Bertz CT molecular complexity index is 3230. The molecule has 0 fully saturated rings. The Morgan fingerprint density at radius 3 is 1.59 bits per heavy atom. The van der Waals surface area contributed by atoms with Crippen LogP contribution in [0.15, 0.2) is 192 Å². The second-order valence-electron chi connectivity index (χ2n) is 13.9. The molecule has 11 aromatic rings. The van der Waals surface area contributed by atoms with Crippen molar-refractivity contribution in [2.24, 2.45) is 0 Å². The van der Waals surface area contributed by atoms with Crippen molar-refractivity contribution in [3.63, 3.8) is 0 Å². The van der Waals surface area contributed by atoms with Gasteiger partial charge in [-0.2, -0.15) is 0 Å². The standard InChI is InChI=1S/C51H31N3OS/c1-5-15-32(16-6-1)37-29-42(34-19-9-3-10-20-34)47-43(30-37)46-41(28-27-38(48(46)55-47)33-17-7-2-8-18-33)51-53-49(35-21-11-4-12-22-35)52-50(54-51)36-25-26-40-39-23-13-14-24-44(39)56-45(40)31-36/h1-31H. The largest absolute Gasteiger partial charge is 0.455 e. The number of hydrogen-bond acceptors (Lipinski definition) is 5. The maximum Gasteiger partial charge on any atom is 0.164 e. The summed E-state index contributed by atoms with van der Waals surface area (Å²) in [4.78, 5) is 15.7. The van der Waals surface area contributed by atoms with E-state index in [2.05, 4.69) is 158 Å². The lowest BCUT2D eigenvalue weighted by atomic mass is 9.93. The zero-order chi connectivity index (χ0) is 37.0. The van der Waals surface area contributed by atoms with E-state index in [1.165, 1.54) is 20.2 Å². The van der Waals surface area contributed by atoms with E-state index in [1.807, 2.05) is 30.3 Å². The predicted molar refractivity (Wildman–Crippen MR) is 233 cm³/mol. The first-order chi connectivity index (χ1) is 27.7. The SMILES string of the molecule is c1ccc(-c2cc(-c3ccccc3)c3oc4c(-c5ccccc5)ccc(-c5nc(-c6ccccc6)nc(-c6ccc7c(c6)sc6ccccc67)n5)c4c3c2)cc1. The monoisotopic (exact) mass is 733 g/mol. The maximum atomic E-state index is 7.11. The second-order valence-corrected chi connectivity index (χ2v) is 15.0. The van der Waals surface area contributed by atoms with E-state index in [9.17, 15) is 0 Å². The molecule has 0 aliphatic carbocycles. The second kappa shape index (κ2) is 13.3. The van der Waals surface area contributed by atoms with Crippen molar-refractivity contribution in [3.8, 4) is 67.5 Å². The zero-order valence-electron chi connectivity index (χ0n) is 30.1. The fraction of sp³-hybridized carbons (Fsp3) is 0. The van der Waals surface area contributed by atoms with Gasteiger partial charge in [0.15, 0.2) is 17.5 Å². The van der Waals surface area contributed by atoms with Gasteiger partial charge in [0.2, 0.25) is 0 Å². The van der Waals surface area contributed by atoms with E-state index < -0.39 is 0 Å². The molecule has 11 rings (SSSR count). The summed E-state index contributed by atoms with van der Waals surface area (Å²) in [5, 5.41) is 4.46. The van der Waals surface area contributed by atoms with Crippen molar-refractivity contribution in [2.45, 2.75) is 0 Å². The fourth-order valence-corrected chi connectivity index (χ4v) is 9.00.